The van der Waals surface area contributed by atoms with Crippen molar-refractivity contribution in [3.05, 3.63) is 23.3 Å². The van der Waals surface area contributed by atoms with Crippen molar-refractivity contribution in [3.8, 4) is 11.5 Å². The van der Waals surface area contributed by atoms with Gasteiger partial charge in [-0.25, -0.2) is 12.7 Å². The molecule has 152 valence electrons. The maximum absolute atomic E-state index is 13.5. The van der Waals surface area contributed by atoms with Crippen LogP contribution >= 0.6 is 0 Å². The molecular formula is C20H26N2O5S. The number of nitrogens with one attached hydrogen (secondary N) is 1. The highest BCUT2D eigenvalue weighted by Crippen LogP contribution is 2.70. The van der Waals surface area contributed by atoms with Crippen molar-refractivity contribution in [2.24, 2.45) is 16.7 Å². The SMILES string of the molecule is CC1(C)[C@@H]2CC[C@]13CS(=O)(=O)N(C(=O)[C@H]1NCCc4cc(O)c(O)cc41)[C@@H]3C2. The molecule has 3 N–H and O–H groups in total. The summed E-state index contributed by atoms with van der Waals surface area (Å²) < 4.78 is 27.5. The molecule has 0 unspecified atom stereocenters. The summed E-state index contributed by atoms with van der Waals surface area (Å²) in [5, 5.41) is 22.8. The predicted molar refractivity (Wildman–Crippen MR) is 102 cm³/mol. The molecule has 2 bridgehead atoms. The average Bonchev–Trinajstić information content (AvgIpc) is 3.09. The van der Waals surface area contributed by atoms with Crippen LogP contribution in [0.15, 0.2) is 12.1 Å². The van der Waals surface area contributed by atoms with Gasteiger partial charge in [0.25, 0.3) is 5.91 Å². The summed E-state index contributed by atoms with van der Waals surface area (Å²) in [6, 6.07) is 1.73. The molecule has 7 nitrogen and oxygen atoms in total. The largest absolute Gasteiger partial charge is 0.504 e. The van der Waals surface area contributed by atoms with Crippen LogP contribution in [-0.2, 0) is 21.2 Å². The van der Waals surface area contributed by atoms with E-state index < -0.39 is 22.0 Å². The lowest BCUT2D eigenvalue weighted by atomic mass is 9.69. The van der Waals surface area contributed by atoms with Crippen LogP contribution in [0.3, 0.4) is 0 Å². The smallest absolute Gasteiger partial charge is 0.258 e. The number of hydrogen-bond acceptors (Lipinski definition) is 6. The minimum Gasteiger partial charge on any atom is -0.504 e. The first kappa shape index (κ1) is 18.2. The Balaban J connectivity index is 1.56. The molecule has 1 aromatic rings. The number of carbonyl (C=O) groups excluding carboxylic acids is 1. The molecule has 1 aromatic carbocycles. The standard InChI is InChI=1S/C20H26N2O5S/c1-19(2)12-3-5-20(19)10-28(26,27)22(16(20)8-12)18(25)17-13-9-15(24)14(23)7-11(13)4-6-21-17/h7,9,12,16-17,21,23-24H,3-6,8,10H2,1-2H3/t12-,16-,17+,20-/m1/s1. The fraction of sp³-hybridized carbons (Fsp3) is 0.650. The van der Waals surface area contributed by atoms with Gasteiger partial charge >= 0.3 is 0 Å². The molecule has 1 amide bonds. The molecule has 0 radical (unpaired) electrons. The number of phenols is 2. The summed E-state index contributed by atoms with van der Waals surface area (Å²) >= 11 is 0. The van der Waals surface area contributed by atoms with Crippen LogP contribution < -0.4 is 5.32 Å². The number of amides is 1. The highest BCUT2D eigenvalue weighted by Gasteiger charge is 2.72. The van der Waals surface area contributed by atoms with Gasteiger partial charge in [-0.05, 0) is 60.3 Å². The van der Waals surface area contributed by atoms with Crippen LogP contribution in [0.1, 0.15) is 50.3 Å². The lowest BCUT2D eigenvalue weighted by Gasteiger charge is -2.38. The van der Waals surface area contributed by atoms with E-state index >= 15 is 0 Å². The summed E-state index contributed by atoms with van der Waals surface area (Å²) in [6.07, 6.45) is 3.21. The van der Waals surface area contributed by atoms with Crippen LogP contribution in [0.5, 0.6) is 11.5 Å². The fourth-order valence-electron chi connectivity index (χ4n) is 6.51. The van der Waals surface area contributed by atoms with E-state index in [4.69, 9.17) is 0 Å². The highest BCUT2D eigenvalue weighted by atomic mass is 32.2. The molecule has 5 rings (SSSR count). The maximum Gasteiger partial charge on any atom is 0.258 e. The van der Waals surface area contributed by atoms with Crippen molar-refractivity contribution >= 4 is 15.9 Å². The zero-order chi connectivity index (χ0) is 20.1. The Morgan fingerprint density at radius 3 is 2.68 bits per heavy atom. The second kappa shape index (κ2) is 5.42. The molecule has 2 saturated carbocycles. The zero-order valence-electron chi connectivity index (χ0n) is 16.1. The Morgan fingerprint density at radius 2 is 1.96 bits per heavy atom. The second-order valence-electron chi connectivity index (χ2n) is 9.43. The first-order chi connectivity index (χ1) is 13.1. The summed E-state index contributed by atoms with van der Waals surface area (Å²) in [6.45, 7) is 4.82. The summed E-state index contributed by atoms with van der Waals surface area (Å²) in [5.41, 5.74) is 0.847. The summed E-state index contributed by atoms with van der Waals surface area (Å²) in [4.78, 5) is 13.5. The van der Waals surface area contributed by atoms with Gasteiger partial charge < -0.3 is 15.5 Å². The van der Waals surface area contributed by atoms with Crippen LogP contribution in [0.2, 0.25) is 0 Å². The predicted octanol–water partition coefficient (Wildman–Crippen LogP) is 1.65. The number of carbonyl (C=O) groups is 1. The number of rotatable bonds is 1. The Kier molecular flexibility index (Phi) is 3.53. The molecule has 1 spiro atoms. The molecule has 2 aliphatic carbocycles. The molecule has 4 atom stereocenters. The van der Waals surface area contributed by atoms with E-state index in [0.29, 0.717) is 24.4 Å². The number of hydrogen-bond donors (Lipinski definition) is 3. The molecular weight excluding hydrogens is 380 g/mol. The third-order valence-electron chi connectivity index (χ3n) is 8.17. The van der Waals surface area contributed by atoms with Crippen LogP contribution in [0.4, 0.5) is 0 Å². The van der Waals surface area contributed by atoms with Crippen molar-refractivity contribution in [2.45, 2.75) is 51.6 Å². The van der Waals surface area contributed by atoms with Gasteiger partial charge in [-0.1, -0.05) is 13.8 Å². The van der Waals surface area contributed by atoms with Crippen molar-refractivity contribution in [2.75, 3.05) is 12.3 Å². The normalized spacial score (nSPS) is 36.9. The number of fused-ring (bicyclic) bond motifs is 2. The Morgan fingerprint density at radius 1 is 1.25 bits per heavy atom. The molecule has 2 heterocycles. The molecule has 4 aliphatic rings. The average molecular weight is 407 g/mol. The molecule has 2 aliphatic heterocycles. The van der Waals surface area contributed by atoms with E-state index in [1.54, 1.807) is 0 Å². The van der Waals surface area contributed by atoms with E-state index in [1.165, 1.54) is 16.4 Å². The van der Waals surface area contributed by atoms with E-state index in [1.807, 2.05) is 0 Å². The quantitative estimate of drug-likeness (QED) is 0.612. The topological polar surface area (TPSA) is 107 Å². The lowest BCUT2D eigenvalue weighted by molar-refractivity contribution is -0.131. The van der Waals surface area contributed by atoms with Gasteiger partial charge in [0, 0.05) is 12.0 Å². The third-order valence-corrected chi connectivity index (χ3v) is 10.1. The van der Waals surface area contributed by atoms with Gasteiger partial charge in [-0.2, -0.15) is 0 Å². The Labute approximate surface area is 164 Å². The minimum atomic E-state index is -3.70. The molecule has 3 fully saturated rings. The van der Waals surface area contributed by atoms with Crippen molar-refractivity contribution in [3.63, 3.8) is 0 Å². The summed E-state index contributed by atoms with van der Waals surface area (Å²) in [7, 11) is -3.70. The summed E-state index contributed by atoms with van der Waals surface area (Å²) in [5.74, 6) is -0.510. The van der Waals surface area contributed by atoms with Crippen molar-refractivity contribution < 1.29 is 23.4 Å². The number of nitrogens with zero attached hydrogens (tertiary/aromatic N) is 1. The van der Waals surface area contributed by atoms with Gasteiger partial charge in [0.2, 0.25) is 10.0 Å². The maximum atomic E-state index is 13.5. The van der Waals surface area contributed by atoms with Gasteiger partial charge in [0.15, 0.2) is 11.5 Å². The first-order valence-corrected chi connectivity index (χ1v) is 11.5. The lowest BCUT2D eigenvalue weighted by Crippen LogP contribution is -2.49. The van der Waals surface area contributed by atoms with E-state index in [9.17, 15) is 23.4 Å². The number of sulfonamides is 1. The number of aromatic hydroxyl groups is 2. The van der Waals surface area contributed by atoms with E-state index in [-0.39, 0.29) is 34.1 Å². The molecule has 0 aromatic heterocycles. The zero-order valence-corrected chi connectivity index (χ0v) is 16.9. The molecule has 1 saturated heterocycles. The molecule has 8 heteroatoms. The van der Waals surface area contributed by atoms with E-state index in [0.717, 1.165) is 24.8 Å². The van der Waals surface area contributed by atoms with Crippen LogP contribution in [0.25, 0.3) is 0 Å². The Bertz CT molecular complexity index is 989. The first-order valence-electron chi connectivity index (χ1n) is 9.92. The van der Waals surface area contributed by atoms with Gasteiger partial charge in [-0.3, -0.25) is 4.79 Å². The van der Waals surface area contributed by atoms with Crippen molar-refractivity contribution in [1.29, 1.82) is 0 Å². The van der Waals surface area contributed by atoms with Crippen LogP contribution in [0, 0.1) is 16.7 Å². The van der Waals surface area contributed by atoms with E-state index in [2.05, 4.69) is 19.2 Å². The van der Waals surface area contributed by atoms with Gasteiger partial charge in [-0.15, -0.1) is 0 Å². The monoisotopic (exact) mass is 406 g/mol. The van der Waals surface area contributed by atoms with Gasteiger partial charge in [0.05, 0.1) is 11.8 Å². The second-order valence-corrected chi connectivity index (χ2v) is 11.3. The van der Waals surface area contributed by atoms with Crippen LogP contribution in [-0.4, -0.2) is 47.2 Å². The van der Waals surface area contributed by atoms with Gasteiger partial charge in [0.1, 0.15) is 6.04 Å². The van der Waals surface area contributed by atoms with Crippen molar-refractivity contribution in [1.82, 2.24) is 9.62 Å². The molecule has 28 heavy (non-hydrogen) atoms. The highest BCUT2D eigenvalue weighted by molar-refractivity contribution is 7.90. The third kappa shape index (κ3) is 2.08. The Hall–Kier alpha value is -1.80. The number of benzene rings is 1. The fourth-order valence-corrected chi connectivity index (χ4v) is 9.06. The minimum absolute atomic E-state index is 0.0420. The number of phenolic OH excluding ortho intramolecular Hbond substituents is 2.